The molecule has 0 fully saturated rings. The SMILES string of the molecule is Cc1sc(NC(=O)COc2ccc(CC#N)cc2)c(C(N)=O)c1-c1ccccc1. The predicted octanol–water partition coefficient (Wildman–Crippen LogP) is 3.91. The van der Waals surface area contributed by atoms with E-state index < -0.39 is 11.8 Å². The Bertz CT molecular complexity index is 1070. The van der Waals surface area contributed by atoms with Crippen LogP contribution in [0.1, 0.15) is 20.8 Å². The number of ether oxygens (including phenoxy) is 1. The molecule has 1 heterocycles. The molecule has 2 aromatic carbocycles. The van der Waals surface area contributed by atoms with Gasteiger partial charge in [-0.15, -0.1) is 11.3 Å². The van der Waals surface area contributed by atoms with Crippen LogP contribution >= 0.6 is 11.3 Å². The summed E-state index contributed by atoms with van der Waals surface area (Å²) in [4.78, 5) is 25.3. The van der Waals surface area contributed by atoms with Gasteiger partial charge in [0, 0.05) is 10.4 Å². The molecule has 3 aromatic rings. The van der Waals surface area contributed by atoms with Crippen molar-refractivity contribution in [3.05, 3.63) is 70.6 Å². The molecule has 0 unspecified atom stereocenters. The smallest absolute Gasteiger partial charge is 0.262 e. The molecule has 6 nitrogen and oxygen atoms in total. The Hall–Kier alpha value is -3.63. The lowest BCUT2D eigenvalue weighted by atomic mass is 10.0. The fourth-order valence-electron chi connectivity index (χ4n) is 2.93. The van der Waals surface area contributed by atoms with Crippen LogP contribution in [0.15, 0.2) is 54.6 Å². The summed E-state index contributed by atoms with van der Waals surface area (Å²) in [6.45, 7) is 1.67. The maximum Gasteiger partial charge on any atom is 0.262 e. The Morgan fingerprint density at radius 2 is 1.83 bits per heavy atom. The number of benzene rings is 2. The van der Waals surface area contributed by atoms with Crippen LogP contribution in [0.2, 0.25) is 0 Å². The standard InChI is InChI=1S/C22H19N3O3S/c1-14-19(16-5-3-2-4-6-16)20(21(24)27)22(29-14)25-18(26)13-28-17-9-7-15(8-10-17)11-12-23/h2-10H,11,13H2,1H3,(H2,24,27)(H,25,26). The van der Waals surface area contributed by atoms with Crippen LogP contribution in [-0.2, 0) is 11.2 Å². The Morgan fingerprint density at radius 1 is 1.14 bits per heavy atom. The van der Waals surface area contributed by atoms with Crippen molar-refractivity contribution in [2.75, 3.05) is 11.9 Å². The second-order valence-electron chi connectivity index (χ2n) is 6.28. The molecule has 29 heavy (non-hydrogen) atoms. The lowest BCUT2D eigenvalue weighted by molar-refractivity contribution is -0.118. The van der Waals surface area contributed by atoms with Gasteiger partial charge in [-0.1, -0.05) is 42.5 Å². The Labute approximate surface area is 172 Å². The molecule has 0 atom stereocenters. The number of carbonyl (C=O) groups is 2. The number of nitrogens with zero attached hydrogens (tertiary/aromatic N) is 1. The van der Waals surface area contributed by atoms with E-state index in [1.807, 2.05) is 37.3 Å². The van der Waals surface area contributed by atoms with Crippen LogP contribution in [0.5, 0.6) is 5.75 Å². The van der Waals surface area contributed by atoms with Gasteiger partial charge in [0.2, 0.25) is 0 Å². The molecule has 0 aliphatic carbocycles. The van der Waals surface area contributed by atoms with Crippen molar-refractivity contribution < 1.29 is 14.3 Å². The first kappa shape index (κ1) is 20.1. The average molecular weight is 405 g/mol. The number of aryl methyl sites for hydroxylation is 1. The monoisotopic (exact) mass is 405 g/mol. The number of nitrogens with two attached hydrogens (primary N) is 1. The summed E-state index contributed by atoms with van der Waals surface area (Å²) in [5, 5.41) is 11.8. The topological polar surface area (TPSA) is 105 Å². The lowest BCUT2D eigenvalue weighted by Crippen LogP contribution is -2.22. The molecule has 3 rings (SSSR count). The molecule has 0 saturated carbocycles. The first-order chi connectivity index (χ1) is 14.0. The van der Waals surface area contributed by atoms with Crippen molar-refractivity contribution in [3.8, 4) is 22.9 Å². The Morgan fingerprint density at radius 3 is 2.45 bits per heavy atom. The van der Waals surface area contributed by atoms with Crippen molar-refractivity contribution in [2.24, 2.45) is 5.73 Å². The number of nitrogens with one attached hydrogen (secondary N) is 1. The number of thiophene rings is 1. The summed E-state index contributed by atoms with van der Waals surface area (Å²) in [7, 11) is 0. The van der Waals surface area contributed by atoms with Gasteiger partial charge in [-0.3, -0.25) is 9.59 Å². The van der Waals surface area contributed by atoms with Crippen LogP contribution in [0.25, 0.3) is 11.1 Å². The maximum atomic E-state index is 12.4. The highest BCUT2D eigenvalue weighted by Crippen LogP contribution is 2.39. The zero-order chi connectivity index (χ0) is 20.8. The minimum Gasteiger partial charge on any atom is -0.484 e. The number of primary amides is 1. The third-order valence-corrected chi connectivity index (χ3v) is 5.24. The highest BCUT2D eigenvalue weighted by atomic mass is 32.1. The van der Waals surface area contributed by atoms with E-state index in [1.165, 1.54) is 11.3 Å². The number of hydrogen-bond acceptors (Lipinski definition) is 5. The Kier molecular flexibility index (Phi) is 6.27. The van der Waals surface area contributed by atoms with Crippen LogP contribution in [0.3, 0.4) is 0 Å². The van der Waals surface area contributed by atoms with Crippen molar-refractivity contribution in [3.63, 3.8) is 0 Å². The largest absolute Gasteiger partial charge is 0.484 e. The van der Waals surface area contributed by atoms with E-state index in [9.17, 15) is 9.59 Å². The zero-order valence-electron chi connectivity index (χ0n) is 15.8. The highest BCUT2D eigenvalue weighted by Gasteiger charge is 2.22. The van der Waals surface area contributed by atoms with Crippen molar-refractivity contribution >= 4 is 28.2 Å². The van der Waals surface area contributed by atoms with Gasteiger partial charge in [0.05, 0.1) is 18.1 Å². The van der Waals surface area contributed by atoms with Crippen LogP contribution in [-0.4, -0.2) is 18.4 Å². The van der Waals surface area contributed by atoms with Crippen LogP contribution < -0.4 is 15.8 Å². The fourth-order valence-corrected chi connectivity index (χ4v) is 4.02. The lowest BCUT2D eigenvalue weighted by Gasteiger charge is -2.08. The van der Waals surface area contributed by atoms with Gasteiger partial charge in [0.1, 0.15) is 10.8 Å². The molecule has 0 saturated heterocycles. The first-order valence-electron chi connectivity index (χ1n) is 8.86. The van der Waals surface area contributed by atoms with Gasteiger partial charge in [-0.2, -0.15) is 5.26 Å². The van der Waals surface area contributed by atoms with Crippen LogP contribution in [0, 0.1) is 18.3 Å². The van der Waals surface area contributed by atoms with Gasteiger partial charge in [-0.25, -0.2) is 0 Å². The number of carbonyl (C=O) groups excluding carboxylic acids is 2. The van der Waals surface area contributed by atoms with Crippen molar-refractivity contribution in [1.82, 2.24) is 0 Å². The first-order valence-corrected chi connectivity index (χ1v) is 9.68. The van der Waals surface area contributed by atoms with E-state index >= 15 is 0 Å². The number of amides is 2. The molecule has 146 valence electrons. The predicted molar refractivity (Wildman–Crippen MR) is 113 cm³/mol. The van der Waals surface area contributed by atoms with Gasteiger partial charge in [0.15, 0.2) is 6.61 Å². The normalized spacial score (nSPS) is 10.2. The van der Waals surface area contributed by atoms with E-state index in [1.54, 1.807) is 24.3 Å². The molecule has 3 N–H and O–H groups in total. The Balaban J connectivity index is 1.73. The molecule has 0 aliphatic heterocycles. The quantitative estimate of drug-likeness (QED) is 0.622. The van der Waals surface area contributed by atoms with Crippen LogP contribution in [0.4, 0.5) is 5.00 Å². The van der Waals surface area contributed by atoms with Crippen molar-refractivity contribution in [1.29, 1.82) is 5.26 Å². The number of rotatable bonds is 7. The summed E-state index contributed by atoms with van der Waals surface area (Å²) < 4.78 is 5.49. The van der Waals surface area contributed by atoms with E-state index in [0.29, 0.717) is 22.7 Å². The molecule has 0 bridgehead atoms. The molecular formula is C22H19N3O3S. The molecule has 7 heteroatoms. The molecule has 0 spiro atoms. The van der Waals surface area contributed by atoms with Crippen molar-refractivity contribution in [2.45, 2.75) is 13.3 Å². The van der Waals surface area contributed by atoms with E-state index in [-0.39, 0.29) is 6.61 Å². The molecule has 2 amide bonds. The summed E-state index contributed by atoms with van der Waals surface area (Å²) >= 11 is 1.30. The third kappa shape index (κ3) is 4.81. The van der Waals surface area contributed by atoms with E-state index in [2.05, 4.69) is 11.4 Å². The molecule has 1 aromatic heterocycles. The summed E-state index contributed by atoms with van der Waals surface area (Å²) in [5.41, 5.74) is 8.37. The van der Waals surface area contributed by atoms with E-state index in [0.717, 1.165) is 21.6 Å². The van der Waals surface area contributed by atoms with Gasteiger partial charge in [-0.05, 0) is 30.2 Å². The maximum absolute atomic E-state index is 12.4. The second kappa shape index (κ2) is 9.04. The molecule has 0 radical (unpaired) electrons. The van der Waals surface area contributed by atoms with Gasteiger partial charge < -0.3 is 15.8 Å². The third-order valence-electron chi connectivity index (χ3n) is 4.22. The summed E-state index contributed by atoms with van der Waals surface area (Å²) in [5.74, 6) is -0.476. The van der Waals surface area contributed by atoms with Gasteiger partial charge >= 0.3 is 0 Å². The number of anilines is 1. The fraction of sp³-hybridized carbons (Fsp3) is 0.136. The zero-order valence-corrected chi connectivity index (χ0v) is 16.6. The minimum absolute atomic E-state index is 0.215. The average Bonchev–Trinajstić information content (AvgIpc) is 3.04. The molecular weight excluding hydrogens is 386 g/mol. The highest BCUT2D eigenvalue weighted by molar-refractivity contribution is 7.17. The summed E-state index contributed by atoms with van der Waals surface area (Å²) in [6, 6.07) is 18.5. The molecule has 0 aliphatic rings. The number of nitriles is 1. The number of hydrogen-bond donors (Lipinski definition) is 2. The van der Waals surface area contributed by atoms with Gasteiger partial charge in [0.25, 0.3) is 11.8 Å². The minimum atomic E-state index is -0.600. The summed E-state index contributed by atoms with van der Waals surface area (Å²) in [6.07, 6.45) is 0.318. The van der Waals surface area contributed by atoms with E-state index in [4.69, 9.17) is 15.7 Å². The second-order valence-corrected chi connectivity index (χ2v) is 7.51.